The Labute approximate surface area is 98.3 Å². The highest BCUT2D eigenvalue weighted by atomic mass is 19.1. The number of hydrogen-bond acceptors (Lipinski definition) is 3. The van der Waals surface area contributed by atoms with E-state index in [0.29, 0.717) is 11.6 Å². The second-order valence-corrected chi connectivity index (χ2v) is 3.74. The maximum atomic E-state index is 13.2. The van der Waals surface area contributed by atoms with Crippen molar-refractivity contribution in [3.05, 3.63) is 41.6 Å². The number of benzene rings is 1. The van der Waals surface area contributed by atoms with Crippen molar-refractivity contribution >= 4 is 5.97 Å². The van der Waals surface area contributed by atoms with Gasteiger partial charge in [-0.15, -0.1) is 0 Å². The van der Waals surface area contributed by atoms with Crippen molar-refractivity contribution < 1.29 is 18.3 Å². The quantitative estimate of drug-likeness (QED) is 0.462. The zero-order valence-electron chi connectivity index (χ0n) is 9.83. The highest BCUT2D eigenvalue weighted by Gasteiger charge is 2.12. The Bertz CT molecular complexity index is 456. The topological polar surface area (TPSA) is 29.5 Å². The van der Waals surface area contributed by atoms with Crippen LogP contribution < -0.4 is 4.74 Å². The second kappa shape index (κ2) is 5.43. The van der Waals surface area contributed by atoms with Gasteiger partial charge >= 0.3 is 5.97 Å². The molecule has 1 aromatic rings. The molecule has 5 heteroatoms. The van der Waals surface area contributed by atoms with Crippen LogP contribution in [0.4, 0.5) is 8.78 Å². The van der Waals surface area contributed by atoms with Crippen molar-refractivity contribution in [3.63, 3.8) is 0 Å². The molecule has 0 bridgehead atoms. The van der Waals surface area contributed by atoms with E-state index in [1.54, 1.807) is 32.1 Å². The number of ether oxygens (including phenoxy) is 1. The maximum Gasteiger partial charge on any atom is 0.340 e. The minimum atomic E-state index is -0.906. The van der Waals surface area contributed by atoms with E-state index >= 15 is 0 Å². The Balaban J connectivity index is 2.81. The first kappa shape index (κ1) is 13.2. The third-order valence-electron chi connectivity index (χ3n) is 1.87. The summed E-state index contributed by atoms with van der Waals surface area (Å²) in [6.45, 7) is 1.55. The van der Waals surface area contributed by atoms with Crippen LogP contribution in [0.25, 0.3) is 0 Å². The lowest BCUT2D eigenvalue weighted by atomic mass is 10.3. The van der Waals surface area contributed by atoms with E-state index in [2.05, 4.69) is 0 Å². The molecule has 0 amide bonds. The van der Waals surface area contributed by atoms with E-state index in [4.69, 9.17) is 4.74 Å². The smallest absolute Gasteiger partial charge is 0.340 e. The van der Waals surface area contributed by atoms with Crippen molar-refractivity contribution in [2.75, 3.05) is 14.1 Å². The normalized spacial score (nSPS) is 11.2. The first-order valence-corrected chi connectivity index (χ1v) is 4.92. The van der Waals surface area contributed by atoms with Crippen LogP contribution >= 0.6 is 0 Å². The molecule has 0 aliphatic carbocycles. The number of carbonyl (C=O) groups is 1. The Morgan fingerprint density at radius 3 is 2.53 bits per heavy atom. The van der Waals surface area contributed by atoms with Gasteiger partial charge in [-0.2, -0.15) is 0 Å². The summed E-state index contributed by atoms with van der Waals surface area (Å²) in [5.74, 6) is -2.59. The van der Waals surface area contributed by atoms with Crippen LogP contribution in [0.5, 0.6) is 5.75 Å². The molecule has 0 radical (unpaired) electrons. The van der Waals surface area contributed by atoms with Gasteiger partial charge in [0.15, 0.2) is 11.6 Å². The zero-order valence-corrected chi connectivity index (χ0v) is 9.83. The molecular weight excluding hydrogens is 228 g/mol. The van der Waals surface area contributed by atoms with Crippen LogP contribution in [0.15, 0.2) is 30.0 Å². The molecule has 0 aliphatic rings. The van der Waals surface area contributed by atoms with Gasteiger partial charge in [-0.05, 0) is 19.1 Å². The highest BCUT2D eigenvalue weighted by Crippen LogP contribution is 2.18. The van der Waals surface area contributed by atoms with Crippen molar-refractivity contribution in [2.24, 2.45) is 0 Å². The van der Waals surface area contributed by atoms with Crippen LogP contribution in [-0.4, -0.2) is 25.0 Å². The molecule has 0 saturated carbocycles. The molecule has 0 spiro atoms. The van der Waals surface area contributed by atoms with Crippen LogP contribution in [-0.2, 0) is 4.79 Å². The molecule has 17 heavy (non-hydrogen) atoms. The predicted octanol–water partition coefficient (Wildman–Crippen LogP) is 2.34. The largest absolute Gasteiger partial charge is 0.420 e. The summed E-state index contributed by atoms with van der Waals surface area (Å²) < 4.78 is 30.6. The van der Waals surface area contributed by atoms with Crippen LogP contribution in [0, 0.1) is 11.6 Å². The summed E-state index contributed by atoms with van der Waals surface area (Å²) in [4.78, 5) is 13.2. The van der Waals surface area contributed by atoms with Gasteiger partial charge in [-0.25, -0.2) is 13.6 Å². The van der Waals surface area contributed by atoms with Crippen molar-refractivity contribution in [3.8, 4) is 5.75 Å². The molecule has 1 rings (SSSR count). The Morgan fingerprint density at radius 1 is 1.35 bits per heavy atom. The van der Waals surface area contributed by atoms with Gasteiger partial charge in [-0.1, -0.05) is 0 Å². The summed E-state index contributed by atoms with van der Waals surface area (Å²) in [6, 6.07) is 2.76. The van der Waals surface area contributed by atoms with E-state index in [1.807, 2.05) is 0 Å². The number of hydrogen-bond donors (Lipinski definition) is 0. The van der Waals surface area contributed by atoms with E-state index < -0.39 is 17.6 Å². The summed E-state index contributed by atoms with van der Waals surface area (Å²) in [5, 5.41) is 0. The molecule has 3 nitrogen and oxygen atoms in total. The Kier molecular flexibility index (Phi) is 4.20. The van der Waals surface area contributed by atoms with Gasteiger partial charge < -0.3 is 9.64 Å². The molecule has 0 heterocycles. The zero-order chi connectivity index (χ0) is 13.0. The lowest BCUT2D eigenvalue weighted by Gasteiger charge is -2.08. The van der Waals surface area contributed by atoms with Gasteiger partial charge in [0.2, 0.25) is 0 Å². The molecule has 0 N–H and O–H groups in total. The minimum absolute atomic E-state index is 0.289. The van der Waals surface area contributed by atoms with Gasteiger partial charge in [0, 0.05) is 26.4 Å². The average molecular weight is 241 g/mol. The molecule has 0 aromatic heterocycles. The third-order valence-corrected chi connectivity index (χ3v) is 1.87. The fourth-order valence-corrected chi connectivity index (χ4v) is 1.18. The standard InChI is InChI=1S/C12H13F2NO2/c1-8(7-15(2)3)12(16)17-11-5-4-9(13)6-10(11)14/h4-7H,1-3H3. The first-order chi connectivity index (χ1) is 7.90. The number of esters is 1. The highest BCUT2D eigenvalue weighted by molar-refractivity contribution is 5.89. The SMILES string of the molecule is CC(=CN(C)C)C(=O)Oc1ccc(F)cc1F. The van der Waals surface area contributed by atoms with Crippen molar-refractivity contribution in [2.45, 2.75) is 6.92 Å². The lowest BCUT2D eigenvalue weighted by Crippen LogP contribution is -2.13. The van der Waals surface area contributed by atoms with Gasteiger partial charge in [0.05, 0.1) is 5.57 Å². The lowest BCUT2D eigenvalue weighted by molar-refractivity contribution is -0.130. The Hall–Kier alpha value is -1.91. The summed E-state index contributed by atoms with van der Waals surface area (Å²) in [7, 11) is 3.49. The molecule has 0 unspecified atom stereocenters. The van der Waals surface area contributed by atoms with Gasteiger partial charge in [0.1, 0.15) is 5.82 Å². The molecular formula is C12H13F2NO2. The predicted molar refractivity (Wildman–Crippen MR) is 59.4 cm³/mol. The summed E-state index contributed by atoms with van der Waals surface area (Å²) in [5.41, 5.74) is 0.318. The van der Waals surface area contributed by atoms with Gasteiger partial charge in [-0.3, -0.25) is 0 Å². The van der Waals surface area contributed by atoms with Crippen LogP contribution in [0.3, 0.4) is 0 Å². The monoisotopic (exact) mass is 241 g/mol. The number of nitrogens with zero attached hydrogens (tertiary/aromatic N) is 1. The van der Waals surface area contributed by atoms with E-state index in [9.17, 15) is 13.6 Å². The summed E-state index contributed by atoms with van der Waals surface area (Å²) >= 11 is 0. The van der Waals surface area contributed by atoms with E-state index in [-0.39, 0.29) is 5.75 Å². The fourth-order valence-electron chi connectivity index (χ4n) is 1.18. The van der Waals surface area contributed by atoms with E-state index in [1.165, 1.54) is 0 Å². The fraction of sp³-hybridized carbons (Fsp3) is 0.250. The third kappa shape index (κ3) is 3.86. The molecule has 0 atom stereocenters. The number of carbonyl (C=O) groups excluding carboxylic acids is 1. The van der Waals surface area contributed by atoms with E-state index in [0.717, 1.165) is 12.1 Å². The maximum absolute atomic E-state index is 13.2. The molecule has 0 fully saturated rings. The van der Waals surface area contributed by atoms with Crippen molar-refractivity contribution in [1.82, 2.24) is 4.90 Å². The molecule has 92 valence electrons. The van der Waals surface area contributed by atoms with Crippen molar-refractivity contribution in [1.29, 1.82) is 0 Å². The first-order valence-electron chi connectivity index (χ1n) is 4.92. The van der Waals surface area contributed by atoms with Crippen LogP contribution in [0.2, 0.25) is 0 Å². The molecule has 1 aromatic carbocycles. The molecule has 0 aliphatic heterocycles. The average Bonchev–Trinajstić information content (AvgIpc) is 2.21. The Morgan fingerprint density at radius 2 is 2.00 bits per heavy atom. The number of halogens is 2. The van der Waals surface area contributed by atoms with Gasteiger partial charge in [0.25, 0.3) is 0 Å². The second-order valence-electron chi connectivity index (χ2n) is 3.74. The van der Waals surface area contributed by atoms with Crippen LogP contribution in [0.1, 0.15) is 6.92 Å². The molecule has 0 saturated heterocycles. The minimum Gasteiger partial charge on any atom is -0.420 e. The number of rotatable bonds is 3. The summed E-state index contributed by atoms with van der Waals surface area (Å²) in [6.07, 6.45) is 1.55.